The van der Waals surface area contributed by atoms with Crippen LogP contribution in [0.1, 0.15) is 5.56 Å². The Hall–Kier alpha value is -10.9. The fraction of sp³-hybridized carbons (Fsp3) is 0. The third kappa shape index (κ3) is 7.52. The van der Waals surface area contributed by atoms with E-state index in [1.165, 1.54) is 0 Å². The van der Waals surface area contributed by atoms with Crippen LogP contribution in [0.5, 0.6) is 0 Å². The lowest BCUT2D eigenvalue weighted by atomic mass is 9.98. The van der Waals surface area contributed by atoms with E-state index in [1.807, 2.05) is 54.6 Å². The smallest absolute Gasteiger partial charge is 0.184 e. The highest BCUT2D eigenvalue weighted by molar-refractivity contribution is 6.13. The second-order valence-electron chi connectivity index (χ2n) is 18.5. The summed E-state index contributed by atoms with van der Waals surface area (Å²) >= 11 is 0. The molecule has 0 spiro atoms. The van der Waals surface area contributed by atoms with E-state index >= 15 is 0 Å². The van der Waals surface area contributed by atoms with E-state index in [0.29, 0.717) is 28.5 Å². The van der Waals surface area contributed by atoms with Gasteiger partial charge < -0.3 is 14.9 Å². The summed E-state index contributed by atoms with van der Waals surface area (Å²) in [5, 5.41) is 13.8. The van der Waals surface area contributed by atoms with Crippen LogP contribution < -0.4 is 5.73 Å². The molecule has 0 fully saturated rings. The Morgan fingerprint density at radius 2 is 0.920 bits per heavy atom. The lowest BCUT2D eigenvalue weighted by Crippen LogP contribution is -2.03. The second-order valence-corrected chi connectivity index (χ2v) is 18.5. The maximum absolute atomic E-state index is 9.58. The predicted octanol–water partition coefficient (Wildman–Crippen LogP) is 17.2. The number of nitrogens with two attached hydrogens (primary N) is 1. The summed E-state index contributed by atoms with van der Waals surface area (Å²) in [5.74, 6) is 0.593. The van der Waals surface area contributed by atoms with Gasteiger partial charge in [-0.15, -0.1) is 0 Å². The highest BCUT2D eigenvalue weighted by Crippen LogP contribution is 2.45. The first kappa shape index (κ1) is 44.1. The molecule has 0 unspecified atom stereocenters. The van der Waals surface area contributed by atoms with Crippen molar-refractivity contribution in [3.8, 4) is 84.7 Å². The summed E-state index contributed by atoms with van der Waals surface area (Å²) in [5.41, 5.74) is 24.5. The largest absolute Gasteiger partial charge is 0.398 e. The molecule has 0 radical (unpaired) electrons. The van der Waals surface area contributed by atoms with Crippen molar-refractivity contribution in [3.63, 3.8) is 0 Å². The average molecular weight is 957 g/mol. The quantitative estimate of drug-likeness (QED) is 0.121. The molecule has 8 nitrogen and oxygen atoms in total. The number of benzene rings is 10. The molecule has 0 aliphatic heterocycles. The van der Waals surface area contributed by atoms with Gasteiger partial charge in [0, 0.05) is 60.6 Å². The summed E-state index contributed by atoms with van der Waals surface area (Å²) in [7, 11) is 0. The van der Waals surface area contributed by atoms with Gasteiger partial charge in [-0.2, -0.15) is 5.26 Å². The molecular formula is C67H40N8. The minimum absolute atomic E-state index is 0.434. The first-order valence-electron chi connectivity index (χ1n) is 24.5. The molecule has 0 amide bonds. The van der Waals surface area contributed by atoms with E-state index in [2.05, 4.69) is 183 Å². The van der Waals surface area contributed by atoms with Crippen LogP contribution in [0, 0.1) is 24.5 Å². The molecule has 348 valence electrons. The van der Waals surface area contributed by atoms with Crippen molar-refractivity contribution in [2.24, 2.45) is 0 Å². The van der Waals surface area contributed by atoms with Crippen LogP contribution in [0.4, 0.5) is 17.1 Å². The van der Waals surface area contributed by atoms with Crippen LogP contribution in [-0.2, 0) is 0 Å². The normalized spacial score (nSPS) is 11.2. The first-order valence-corrected chi connectivity index (χ1v) is 24.5. The SMILES string of the molecule is [C-]#[N+]c1ccc(-c2ccc3c(c2)c2ccccc2n3-c2cc(-c3nc(-c4ccccc4)cc(-c4ccccc4)n3)ccc2-c2ccccc2-n2c3ccccc3c3cc(-c4ccc(C#N)cc4N)ccc32)c([N+]#[C-])c1. The van der Waals surface area contributed by atoms with E-state index in [1.54, 1.807) is 18.2 Å². The van der Waals surface area contributed by atoms with E-state index in [-0.39, 0.29) is 0 Å². The van der Waals surface area contributed by atoms with E-state index in [4.69, 9.17) is 28.8 Å². The number of anilines is 1. The third-order valence-corrected chi connectivity index (χ3v) is 14.2. The second kappa shape index (κ2) is 18.1. The zero-order chi connectivity index (χ0) is 50.6. The Balaban J connectivity index is 1.07. The Morgan fingerprint density at radius 1 is 0.400 bits per heavy atom. The van der Waals surface area contributed by atoms with Crippen LogP contribution in [0.3, 0.4) is 0 Å². The number of fused-ring (bicyclic) bond motifs is 6. The maximum Gasteiger partial charge on any atom is 0.184 e. The lowest BCUT2D eigenvalue weighted by molar-refractivity contribution is 1.15. The van der Waals surface area contributed by atoms with Crippen LogP contribution >= 0.6 is 0 Å². The van der Waals surface area contributed by atoms with Crippen LogP contribution in [0.25, 0.3) is 132 Å². The van der Waals surface area contributed by atoms with Gasteiger partial charge in [-0.3, -0.25) is 0 Å². The summed E-state index contributed by atoms with van der Waals surface area (Å²) in [4.78, 5) is 18.1. The fourth-order valence-corrected chi connectivity index (χ4v) is 10.7. The Morgan fingerprint density at radius 3 is 1.53 bits per heavy atom. The van der Waals surface area contributed by atoms with E-state index in [9.17, 15) is 5.26 Å². The first-order chi connectivity index (χ1) is 37.0. The highest BCUT2D eigenvalue weighted by Gasteiger charge is 2.23. The van der Waals surface area contributed by atoms with Crippen LogP contribution in [-0.4, -0.2) is 19.1 Å². The maximum atomic E-state index is 9.58. The van der Waals surface area contributed by atoms with Gasteiger partial charge in [0.1, 0.15) is 0 Å². The summed E-state index contributed by atoms with van der Waals surface area (Å²) in [6.07, 6.45) is 0. The number of hydrogen-bond acceptors (Lipinski definition) is 4. The number of hydrogen-bond donors (Lipinski definition) is 1. The molecule has 2 N–H and O–H groups in total. The molecule has 0 aliphatic carbocycles. The van der Waals surface area contributed by atoms with Crippen molar-refractivity contribution >= 4 is 60.7 Å². The molecule has 13 rings (SSSR count). The molecule has 13 aromatic rings. The van der Waals surface area contributed by atoms with Gasteiger partial charge in [0.05, 0.1) is 69.6 Å². The predicted molar refractivity (Wildman–Crippen MR) is 305 cm³/mol. The van der Waals surface area contributed by atoms with Crippen molar-refractivity contribution in [1.29, 1.82) is 5.26 Å². The number of para-hydroxylation sites is 3. The van der Waals surface area contributed by atoms with Crippen molar-refractivity contribution in [2.45, 2.75) is 0 Å². The Labute approximate surface area is 432 Å². The zero-order valence-electron chi connectivity index (χ0n) is 40.1. The monoisotopic (exact) mass is 956 g/mol. The topological polar surface area (TPSA) is 94.2 Å². The molecular weight excluding hydrogens is 917 g/mol. The van der Waals surface area contributed by atoms with Gasteiger partial charge >= 0.3 is 0 Å². The Kier molecular flexibility index (Phi) is 10.6. The van der Waals surface area contributed by atoms with Crippen LogP contribution in [0.2, 0.25) is 0 Å². The molecule has 0 aliphatic rings. The molecule has 0 saturated heterocycles. The van der Waals surface area contributed by atoms with Gasteiger partial charge in [-0.1, -0.05) is 164 Å². The molecule has 0 atom stereocenters. The third-order valence-electron chi connectivity index (χ3n) is 14.2. The number of nitrogen functional groups attached to an aromatic ring is 1. The highest BCUT2D eigenvalue weighted by atomic mass is 15.0. The zero-order valence-corrected chi connectivity index (χ0v) is 40.1. The van der Waals surface area contributed by atoms with Gasteiger partial charge in [-0.25, -0.2) is 19.7 Å². The molecule has 75 heavy (non-hydrogen) atoms. The van der Waals surface area contributed by atoms with Gasteiger partial charge in [-0.05, 0) is 83.4 Å². The molecule has 3 heterocycles. The summed E-state index contributed by atoms with van der Waals surface area (Å²) in [6, 6.07) is 80.5. The van der Waals surface area contributed by atoms with E-state index < -0.39 is 0 Å². The molecule has 8 heteroatoms. The molecule has 0 bridgehead atoms. The lowest BCUT2D eigenvalue weighted by Gasteiger charge is -2.20. The van der Waals surface area contributed by atoms with Crippen molar-refractivity contribution in [2.75, 3.05) is 5.73 Å². The number of nitriles is 1. The number of rotatable bonds is 8. The van der Waals surface area contributed by atoms with E-state index in [0.717, 1.165) is 116 Å². The van der Waals surface area contributed by atoms with Crippen LogP contribution in [0.15, 0.2) is 231 Å². The fourth-order valence-electron chi connectivity index (χ4n) is 10.7. The van der Waals surface area contributed by atoms with Gasteiger partial charge in [0.15, 0.2) is 17.2 Å². The van der Waals surface area contributed by atoms with Crippen molar-refractivity contribution in [1.82, 2.24) is 19.1 Å². The van der Waals surface area contributed by atoms with Gasteiger partial charge in [0.2, 0.25) is 0 Å². The van der Waals surface area contributed by atoms with Gasteiger partial charge in [0.25, 0.3) is 0 Å². The number of nitrogens with zero attached hydrogens (tertiary/aromatic N) is 7. The average Bonchev–Trinajstić information content (AvgIpc) is 4.01. The standard InChI is InChI=1S/C67H40N8/c1-70-48-29-32-50(60(39-48)71-2)46-28-34-65-56(37-46)53-21-11-14-24-63(53)75(65)66-38-47(67-72-58(43-15-5-3-6-16-43)40-59(73-67)44-17-7-4-8-18-44)26-31-54(66)51-19-9-12-22-61(51)74-62-23-13-10-20-52(62)55-36-45(27-33-64(55)74)49-30-25-42(41-68)35-57(49)69/h3-40H,69H2. The molecule has 10 aromatic carbocycles. The molecule has 0 saturated carbocycles. The Bertz CT molecular complexity index is 4530. The minimum Gasteiger partial charge on any atom is -0.398 e. The van der Waals surface area contributed by atoms with Crippen molar-refractivity contribution in [3.05, 3.63) is 259 Å². The minimum atomic E-state index is 0.434. The molecule has 3 aromatic heterocycles. The number of aromatic nitrogens is 4. The summed E-state index contributed by atoms with van der Waals surface area (Å²) < 4.78 is 4.70. The summed E-state index contributed by atoms with van der Waals surface area (Å²) in [6.45, 7) is 15.7. The van der Waals surface area contributed by atoms with Crippen molar-refractivity contribution < 1.29 is 0 Å².